The van der Waals surface area contributed by atoms with E-state index in [2.05, 4.69) is 10.1 Å². The molecule has 0 aliphatic rings. The number of aromatic hydroxyl groups is 1. The normalized spacial score (nSPS) is 10.4. The molecule has 9 heteroatoms. The molecule has 28 heavy (non-hydrogen) atoms. The Morgan fingerprint density at radius 1 is 1.14 bits per heavy atom. The van der Waals surface area contributed by atoms with Crippen LogP contribution in [0.4, 0.5) is 14.5 Å². The van der Waals surface area contributed by atoms with E-state index in [4.69, 9.17) is 9.47 Å². The van der Waals surface area contributed by atoms with Crippen LogP contribution in [-0.4, -0.2) is 37.3 Å². The molecule has 0 saturated heterocycles. The van der Waals surface area contributed by atoms with E-state index in [9.17, 15) is 23.5 Å². The van der Waals surface area contributed by atoms with Crippen molar-refractivity contribution in [3.63, 3.8) is 0 Å². The molecule has 2 aromatic rings. The van der Waals surface area contributed by atoms with Gasteiger partial charge in [0.25, 0.3) is 5.91 Å². The van der Waals surface area contributed by atoms with Gasteiger partial charge in [0, 0.05) is 6.42 Å². The number of alkyl halides is 2. The summed E-state index contributed by atoms with van der Waals surface area (Å²) in [7, 11) is 1.43. The maximum Gasteiger partial charge on any atom is 0.387 e. The van der Waals surface area contributed by atoms with Gasteiger partial charge in [-0.2, -0.15) is 8.78 Å². The number of para-hydroxylation sites is 2. The molecule has 2 aromatic carbocycles. The molecule has 0 saturated carbocycles. The first kappa shape index (κ1) is 20.9. The highest BCUT2D eigenvalue weighted by Crippen LogP contribution is 2.27. The Bertz CT molecular complexity index is 828. The second-order valence-electron chi connectivity index (χ2n) is 5.59. The first-order valence-electron chi connectivity index (χ1n) is 8.24. The Kier molecular flexibility index (Phi) is 7.55. The maximum absolute atomic E-state index is 12.4. The minimum Gasteiger partial charge on any atom is -0.504 e. The summed E-state index contributed by atoms with van der Waals surface area (Å²) in [5.74, 6) is -1.24. The van der Waals surface area contributed by atoms with Crippen molar-refractivity contribution in [1.29, 1.82) is 0 Å². The third kappa shape index (κ3) is 6.42. The van der Waals surface area contributed by atoms with Crippen LogP contribution in [0, 0.1) is 0 Å². The van der Waals surface area contributed by atoms with Gasteiger partial charge in [-0.15, -0.1) is 0 Å². The van der Waals surface area contributed by atoms with Crippen molar-refractivity contribution < 1.29 is 37.7 Å². The molecular formula is C19H19F2NO6. The zero-order chi connectivity index (χ0) is 20.5. The second-order valence-corrected chi connectivity index (χ2v) is 5.59. The third-order valence-electron chi connectivity index (χ3n) is 3.60. The molecule has 0 bridgehead atoms. The number of ether oxygens (including phenoxy) is 3. The number of carbonyl (C=O) groups is 2. The van der Waals surface area contributed by atoms with E-state index in [0.717, 1.165) is 0 Å². The topological polar surface area (TPSA) is 94.1 Å². The lowest BCUT2D eigenvalue weighted by atomic mass is 10.1. The number of methoxy groups -OCH3 is 1. The molecule has 0 aliphatic heterocycles. The molecule has 0 aliphatic carbocycles. The highest BCUT2D eigenvalue weighted by molar-refractivity contribution is 5.94. The Morgan fingerprint density at radius 2 is 1.89 bits per heavy atom. The van der Waals surface area contributed by atoms with Gasteiger partial charge < -0.3 is 24.6 Å². The zero-order valence-electron chi connectivity index (χ0n) is 15.0. The summed E-state index contributed by atoms with van der Waals surface area (Å²) in [6.07, 6.45) is 0.285. The van der Waals surface area contributed by atoms with Crippen molar-refractivity contribution in [1.82, 2.24) is 0 Å². The predicted molar refractivity (Wildman–Crippen MR) is 95.6 cm³/mol. The third-order valence-corrected chi connectivity index (χ3v) is 3.60. The van der Waals surface area contributed by atoms with Gasteiger partial charge in [0.1, 0.15) is 5.75 Å². The van der Waals surface area contributed by atoms with Crippen LogP contribution in [0.3, 0.4) is 0 Å². The molecule has 2 rings (SSSR count). The summed E-state index contributed by atoms with van der Waals surface area (Å²) >= 11 is 0. The van der Waals surface area contributed by atoms with Crippen LogP contribution >= 0.6 is 0 Å². The highest BCUT2D eigenvalue weighted by atomic mass is 19.3. The lowest BCUT2D eigenvalue weighted by Gasteiger charge is -2.11. The van der Waals surface area contributed by atoms with E-state index in [-0.39, 0.29) is 23.6 Å². The van der Waals surface area contributed by atoms with E-state index >= 15 is 0 Å². The number of benzene rings is 2. The van der Waals surface area contributed by atoms with Crippen molar-refractivity contribution in [2.75, 3.05) is 19.0 Å². The molecule has 0 aromatic heterocycles. The minimum atomic E-state index is -3.03. The summed E-state index contributed by atoms with van der Waals surface area (Å²) in [6, 6.07) is 10.4. The fourth-order valence-corrected chi connectivity index (χ4v) is 2.31. The molecule has 0 fully saturated rings. The van der Waals surface area contributed by atoms with Crippen LogP contribution in [0.1, 0.15) is 12.0 Å². The van der Waals surface area contributed by atoms with Crippen molar-refractivity contribution in [2.45, 2.75) is 19.5 Å². The van der Waals surface area contributed by atoms with Gasteiger partial charge in [-0.05, 0) is 36.2 Å². The second kappa shape index (κ2) is 10.1. The molecule has 0 atom stereocenters. The predicted octanol–water partition coefficient (Wildman–Crippen LogP) is 3.12. The Hall–Kier alpha value is -3.36. The number of hydrogen-bond acceptors (Lipinski definition) is 6. The standard InChI is InChI=1S/C19H19F2NO6/c1-26-16-8-6-12(10-14(16)23)7-9-18(25)27-11-17(24)22-13-4-2-3-5-15(13)28-19(20)21/h2-6,8,10,19,23H,7,9,11H2,1H3,(H,22,24). The quantitative estimate of drug-likeness (QED) is 0.634. The smallest absolute Gasteiger partial charge is 0.387 e. The van der Waals surface area contributed by atoms with Crippen molar-refractivity contribution in [3.8, 4) is 17.2 Å². The Balaban J connectivity index is 1.80. The number of phenols is 1. The monoisotopic (exact) mass is 395 g/mol. The minimum absolute atomic E-state index is 0.00979. The number of carbonyl (C=O) groups excluding carboxylic acids is 2. The molecule has 0 unspecified atom stereocenters. The van der Waals surface area contributed by atoms with Gasteiger partial charge in [-0.25, -0.2) is 0 Å². The average molecular weight is 395 g/mol. The Morgan fingerprint density at radius 3 is 2.57 bits per heavy atom. The summed E-state index contributed by atoms with van der Waals surface area (Å²) < 4.78 is 38.8. The number of esters is 1. The fourth-order valence-electron chi connectivity index (χ4n) is 2.31. The first-order chi connectivity index (χ1) is 13.4. The maximum atomic E-state index is 12.4. The van der Waals surface area contributed by atoms with Crippen LogP contribution in [0.2, 0.25) is 0 Å². The van der Waals surface area contributed by atoms with E-state index in [0.29, 0.717) is 17.7 Å². The van der Waals surface area contributed by atoms with Crippen LogP contribution in [0.15, 0.2) is 42.5 Å². The summed E-state index contributed by atoms with van der Waals surface area (Å²) in [5, 5.41) is 12.0. The van der Waals surface area contributed by atoms with E-state index in [1.165, 1.54) is 37.4 Å². The van der Waals surface area contributed by atoms with Crippen LogP contribution in [0.5, 0.6) is 17.2 Å². The summed E-state index contributed by atoms with van der Waals surface area (Å²) in [5.41, 5.74) is 0.732. The van der Waals surface area contributed by atoms with E-state index in [1.54, 1.807) is 12.1 Å². The van der Waals surface area contributed by atoms with Gasteiger partial charge in [-0.1, -0.05) is 18.2 Å². The molecule has 7 nitrogen and oxygen atoms in total. The van der Waals surface area contributed by atoms with Crippen molar-refractivity contribution in [3.05, 3.63) is 48.0 Å². The van der Waals surface area contributed by atoms with Crippen LogP contribution in [0.25, 0.3) is 0 Å². The van der Waals surface area contributed by atoms with Gasteiger partial charge in [0.2, 0.25) is 0 Å². The molecule has 0 heterocycles. The average Bonchev–Trinajstić information content (AvgIpc) is 2.66. The van der Waals surface area contributed by atoms with Gasteiger partial charge in [-0.3, -0.25) is 9.59 Å². The van der Waals surface area contributed by atoms with Gasteiger partial charge in [0.05, 0.1) is 12.8 Å². The largest absolute Gasteiger partial charge is 0.504 e. The molecule has 2 N–H and O–H groups in total. The molecule has 0 radical (unpaired) electrons. The summed E-state index contributed by atoms with van der Waals surface area (Å²) in [6.45, 7) is -3.61. The number of amides is 1. The molecule has 0 spiro atoms. The number of anilines is 1. The molecule has 1 amide bonds. The molecule has 150 valence electrons. The van der Waals surface area contributed by atoms with Crippen molar-refractivity contribution in [2.24, 2.45) is 0 Å². The van der Waals surface area contributed by atoms with Crippen LogP contribution in [-0.2, 0) is 20.7 Å². The summed E-state index contributed by atoms with van der Waals surface area (Å²) in [4.78, 5) is 23.6. The zero-order valence-corrected chi connectivity index (χ0v) is 15.0. The number of halogens is 2. The number of phenolic OH excluding ortho intramolecular Hbond substituents is 1. The SMILES string of the molecule is COc1ccc(CCC(=O)OCC(=O)Nc2ccccc2OC(F)F)cc1O. The Labute approximate surface area is 159 Å². The number of nitrogens with one attached hydrogen (secondary N) is 1. The lowest BCUT2D eigenvalue weighted by Crippen LogP contribution is -2.21. The number of rotatable bonds is 9. The lowest BCUT2D eigenvalue weighted by molar-refractivity contribution is -0.147. The number of hydrogen-bond donors (Lipinski definition) is 2. The highest BCUT2D eigenvalue weighted by Gasteiger charge is 2.13. The van der Waals surface area contributed by atoms with E-state index in [1.807, 2.05) is 0 Å². The van der Waals surface area contributed by atoms with Crippen LogP contribution < -0.4 is 14.8 Å². The molecular weight excluding hydrogens is 376 g/mol. The van der Waals surface area contributed by atoms with Gasteiger partial charge >= 0.3 is 12.6 Å². The van der Waals surface area contributed by atoms with Gasteiger partial charge in [0.15, 0.2) is 18.1 Å². The number of aryl methyl sites for hydroxylation is 1. The first-order valence-corrected chi connectivity index (χ1v) is 8.24. The fraction of sp³-hybridized carbons (Fsp3) is 0.263. The van der Waals surface area contributed by atoms with E-state index < -0.39 is 25.1 Å². The van der Waals surface area contributed by atoms with Crippen molar-refractivity contribution >= 4 is 17.6 Å².